The molecule has 4 nitrogen and oxygen atoms in total. The lowest BCUT2D eigenvalue weighted by Gasteiger charge is -2.06. The van der Waals surface area contributed by atoms with Crippen LogP contribution in [0.5, 0.6) is 0 Å². The molecule has 4 heteroatoms. The number of likely N-dealkylation sites (N-methyl/N-ethyl adjacent to an activating group) is 1. The van der Waals surface area contributed by atoms with Crippen LogP contribution in [0.1, 0.15) is 5.56 Å². The molecule has 0 heterocycles. The van der Waals surface area contributed by atoms with Crippen LogP contribution in [0.4, 0.5) is 5.69 Å². The minimum Gasteiger partial charge on any atom is -0.325 e. The van der Waals surface area contributed by atoms with Crippen LogP contribution < -0.4 is 16.0 Å². The smallest absolute Gasteiger partial charge is 0.238 e. The fourth-order valence-corrected chi connectivity index (χ4v) is 1.26. The van der Waals surface area contributed by atoms with Crippen LogP contribution in [-0.2, 0) is 4.79 Å². The third-order valence-electron chi connectivity index (χ3n) is 2.17. The van der Waals surface area contributed by atoms with Gasteiger partial charge in [0.15, 0.2) is 0 Å². The standard InChI is InChI=1S/C12H19N3O/c1-10-3-5-11(6-4-10)15-12(16)9-14-8-7-13-2/h3-6,13-14H,7-9H2,1-2H3,(H,15,16). The predicted molar refractivity (Wildman–Crippen MR) is 66.6 cm³/mol. The van der Waals surface area contributed by atoms with E-state index in [9.17, 15) is 4.79 Å². The van der Waals surface area contributed by atoms with E-state index >= 15 is 0 Å². The second-order valence-electron chi connectivity index (χ2n) is 3.69. The van der Waals surface area contributed by atoms with Gasteiger partial charge in [-0.2, -0.15) is 0 Å². The van der Waals surface area contributed by atoms with E-state index in [0.717, 1.165) is 18.8 Å². The number of carbonyl (C=O) groups excluding carboxylic acids is 1. The summed E-state index contributed by atoms with van der Waals surface area (Å²) in [4.78, 5) is 11.5. The predicted octanol–water partition coefficient (Wildman–Crippen LogP) is 0.743. The number of hydrogen-bond acceptors (Lipinski definition) is 3. The van der Waals surface area contributed by atoms with Gasteiger partial charge in [0.05, 0.1) is 6.54 Å². The highest BCUT2D eigenvalue weighted by atomic mass is 16.1. The van der Waals surface area contributed by atoms with Gasteiger partial charge in [-0.1, -0.05) is 17.7 Å². The van der Waals surface area contributed by atoms with Gasteiger partial charge in [0.2, 0.25) is 5.91 Å². The SMILES string of the molecule is CNCCNCC(=O)Nc1ccc(C)cc1. The number of anilines is 1. The Labute approximate surface area is 96.4 Å². The molecule has 0 unspecified atom stereocenters. The zero-order chi connectivity index (χ0) is 11.8. The summed E-state index contributed by atoms with van der Waals surface area (Å²) >= 11 is 0. The Bertz CT molecular complexity index is 322. The van der Waals surface area contributed by atoms with Crippen molar-refractivity contribution in [3.8, 4) is 0 Å². The van der Waals surface area contributed by atoms with Gasteiger partial charge in [-0.15, -0.1) is 0 Å². The third-order valence-corrected chi connectivity index (χ3v) is 2.17. The van der Waals surface area contributed by atoms with Gasteiger partial charge in [-0.3, -0.25) is 4.79 Å². The number of aryl methyl sites for hydroxylation is 1. The first kappa shape index (κ1) is 12.7. The maximum atomic E-state index is 11.5. The van der Waals surface area contributed by atoms with Crippen LogP contribution >= 0.6 is 0 Å². The van der Waals surface area contributed by atoms with Crippen molar-refractivity contribution < 1.29 is 4.79 Å². The Balaban J connectivity index is 2.26. The van der Waals surface area contributed by atoms with Gasteiger partial charge in [-0.05, 0) is 26.1 Å². The Kier molecular flexibility index (Phi) is 5.53. The molecule has 0 aromatic heterocycles. The number of hydrogen-bond donors (Lipinski definition) is 3. The van der Waals surface area contributed by atoms with E-state index in [1.54, 1.807) is 0 Å². The highest BCUT2D eigenvalue weighted by Gasteiger charge is 2.00. The van der Waals surface area contributed by atoms with Crippen molar-refractivity contribution in [1.82, 2.24) is 10.6 Å². The normalized spacial score (nSPS) is 10.1. The van der Waals surface area contributed by atoms with E-state index in [4.69, 9.17) is 0 Å². The van der Waals surface area contributed by atoms with E-state index in [-0.39, 0.29) is 5.91 Å². The number of nitrogens with one attached hydrogen (secondary N) is 3. The molecule has 1 aromatic rings. The number of amides is 1. The summed E-state index contributed by atoms with van der Waals surface area (Å²) in [6.45, 7) is 4.01. The van der Waals surface area contributed by atoms with Crippen LogP contribution in [0.3, 0.4) is 0 Å². The first-order chi connectivity index (χ1) is 7.72. The molecule has 0 aliphatic rings. The van der Waals surface area contributed by atoms with E-state index < -0.39 is 0 Å². The Morgan fingerprint density at radius 2 is 1.88 bits per heavy atom. The van der Waals surface area contributed by atoms with E-state index in [0.29, 0.717) is 6.54 Å². The fraction of sp³-hybridized carbons (Fsp3) is 0.417. The largest absolute Gasteiger partial charge is 0.325 e. The summed E-state index contributed by atoms with van der Waals surface area (Å²) in [5.74, 6) is -0.0139. The lowest BCUT2D eigenvalue weighted by atomic mass is 10.2. The third kappa shape index (κ3) is 4.91. The molecular weight excluding hydrogens is 202 g/mol. The quantitative estimate of drug-likeness (QED) is 0.621. The van der Waals surface area contributed by atoms with Gasteiger partial charge in [-0.25, -0.2) is 0 Å². The lowest BCUT2D eigenvalue weighted by Crippen LogP contribution is -2.32. The maximum Gasteiger partial charge on any atom is 0.238 e. The summed E-state index contributed by atoms with van der Waals surface area (Å²) in [6.07, 6.45) is 0. The molecule has 0 saturated carbocycles. The highest BCUT2D eigenvalue weighted by molar-refractivity contribution is 5.92. The van der Waals surface area contributed by atoms with Crippen molar-refractivity contribution in [3.05, 3.63) is 29.8 Å². The molecule has 0 spiro atoms. The van der Waals surface area contributed by atoms with Crippen LogP contribution in [-0.4, -0.2) is 32.6 Å². The van der Waals surface area contributed by atoms with Crippen molar-refractivity contribution in [1.29, 1.82) is 0 Å². The second-order valence-corrected chi connectivity index (χ2v) is 3.69. The van der Waals surface area contributed by atoms with Crippen LogP contribution in [0.25, 0.3) is 0 Å². The van der Waals surface area contributed by atoms with Crippen LogP contribution in [0, 0.1) is 6.92 Å². The van der Waals surface area contributed by atoms with Crippen molar-refractivity contribution in [2.24, 2.45) is 0 Å². The van der Waals surface area contributed by atoms with E-state index in [1.807, 2.05) is 38.2 Å². The molecule has 88 valence electrons. The van der Waals surface area contributed by atoms with Gasteiger partial charge < -0.3 is 16.0 Å². The maximum absolute atomic E-state index is 11.5. The Morgan fingerprint density at radius 1 is 1.19 bits per heavy atom. The number of benzene rings is 1. The topological polar surface area (TPSA) is 53.2 Å². The zero-order valence-electron chi connectivity index (χ0n) is 9.84. The number of rotatable bonds is 6. The first-order valence-corrected chi connectivity index (χ1v) is 5.44. The molecule has 0 aliphatic carbocycles. The zero-order valence-corrected chi connectivity index (χ0v) is 9.84. The molecule has 0 saturated heterocycles. The summed E-state index contributed by atoms with van der Waals surface area (Å²) in [6, 6.07) is 7.76. The van der Waals surface area contributed by atoms with Crippen molar-refractivity contribution in [3.63, 3.8) is 0 Å². The first-order valence-electron chi connectivity index (χ1n) is 5.44. The molecule has 1 amide bonds. The van der Waals surface area contributed by atoms with Crippen molar-refractivity contribution in [2.45, 2.75) is 6.92 Å². The Morgan fingerprint density at radius 3 is 2.50 bits per heavy atom. The summed E-state index contributed by atoms with van der Waals surface area (Å²) in [7, 11) is 1.88. The van der Waals surface area contributed by atoms with E-state index in [2.05, 4.69) is 16.0 Å². The van der Waals surface area contributed by atoms with Crippen LogP contribution in [0.15, 0.2) is 24.3 Å². The lowest BCUT2D eigenvalue weighted by molar-refractivity contribution is -0.115. The highest BCUT2D eigenvalue weighted by Crippen LogP contribution is 2.07. The molecule has 0 radical (unpaired) electrons. The fourth-order valence-electron chi connectivity index (χ4n) is 1.26. The van der Waals surface area contributed by atoms with Gasteiger partial charge in [0.25, 0.3) is 0 Å². The van der Waals surface area contributed by atoms with Crippen molar-refractivity contribution >= 4 is 11.6 Å². The minimum absolute atomic E-state index is 0.0139. The van der Waals surface area contributed by atoms with Gasteiger partial charge >= 0.3 is 0 Å². The average Bonchev–Trinajstić information content (AvgIpc) is 2.28. The average molecular weight is 221 g/mol. The molecule has 0 aliphatic heterocycles. The summed E-state index contributed by atoms with van der Waals surface area (Å²) in [5.41, 5.74) is 2.02. The molecule has 3 N–H and O–H groups in total. The molecular formula is C12H19N3O. The second kappa shape index (κ2) is 6.98. The van der Waals surface area contributed by atoms with Crippen LogP contribution in [0.2, 0.25) is 0 Å². The summed E-state index contributed by atoms with van der Waals surface area (Å²) in [5, 5.41) is 8.87. The van der Waals surface area contributed by atoms with Gasteiger partial charge in [0.1, 0.15) is 0 Å². The minimum atomic E-state index is -0.0139. The van der Waals surface area contributed by atoms with Crippen molar-refractivity contribution in [2.75, 3.05) is 32.0 Å². The monoisotopic (exact) mass is 221 g/mol. The molecule has 1 aromatic carbocycles. The van der Waals surface area contributed by atoms with Gasteiger partial charge in [0, 0.05) is 18.8 Å². The molecule has 16 heavy (non-hydrogen) atoms. The number of carbonyl (C=O) groups is 1. The molecule has 0 bridgehead atoms. The summed E-state index contributed by atoms with van der Waals surface area (Å²) < 4.78 is 0. The molecule has 1 rings (SSSR count). The molecule has 0 atom stereocenters. The van der Waals surface area contributed by atoms with E-state index in [1.165, 1.54) is 5.56 Å². The Hall–Kier alpha value is -1.39. The molecule has 0 fully saturated rings.